The lowest BCUT2D eigenvalue weighted by molar-refractivity contribution is 0.0473. The zero-order chi connectivity index (χ0) is 18.6. The van der Waals surface area contributed by atoms with E-state index in [1.807, 2.05) is 0 Å². The number of rotatable bonds is 6. The van der Waals surface area contributed by atoms with E-state index in [9.17, 15) is 22.4 Å². The largest absolute Gasteiger partial charge is 0.454 e. The highest BCUT2D eigenvalue weighted by Gasteiger charge is 2.19. The molecule has 0 N–H and O–H groups in total. The zero-order valence-electron chi connectivity index (χ0n) is 13.6. The van der Waals surface area contributed by atoms with Crippen LogP contribution in [-0.4, -0.2) is 45.2 Å². The van der Waals surface area contributed by atoms with Crippen molar-refractivity contribution in [2.45, 2.75) is 4.90 Å². The first-order valence-corrected chi connectivity index (χ1v) is 8.65. The minimum atomic E-state index is -3.60. The summed E-state index contributed by atoms with van der Waals surface area (Å²) < 4.78 is 43.3. The highest BCUT2D eigenvalue weighted by Crippen LogP contribution is 2.15. The second kappa shape index (κ2) is 7.54. The molecule has 0 fully saturated rings. The number of ketones is 1. The SMILES string of the molecule is CN(C)S(=O)(=O)c1ccc(C(=O)OCC(=O)c2ccccc2F)cc1. The summed E-state index contributed by atoms with van der Waals surface area (Å²) in [5, 5.41) is 0. The Balaban J connectivity index is 2.05. The van der Waals surface area contributed by atoms with E-state index in [-0.39, 0.29) is 16.0 Å². The second-order valence-electron chi connectivity index (χ2n) is 5.29. The topological polar surface area (TPSA) is 80.8 Å². The summed E-state index contributed by atoms with van der Waals surface area (Å²) in [6.45, 7) is -0.614. The van der Waals surface area contributed by atoms with Gasteiger partial charge in [-0.1, -0.05) is 12.1 Å². The lowest BCUT2D eigenvalue weighted by Crippen LogP contribution is -2.22. The van der Waals surface area contributed by atoms with Gasteiger partial charge in [-0.15, -0.1) is 0 Å². The molecule has 0 saturated carbocycles. The Bertz CT molecular complexity index is 892. The molecule has 2 rings (SSSR count). The molecule has 0 spiro atoms. The fourth-order valence-corrected chi connectivity index (χ4v) is 2.85. The van der Waals surface area contributed by atoms with Crippen LogP contribution < -0.4 is 0 Å². The van der Waals surface area contributed by atoms with Crippen LogP contribution in [0.25, 0.3) is 0 Å². The van der Waals surface area contributed by atoms with Crippen molar-refractivity contribution >= 4 is 21.8 Å². The van der Waals surface area contributed by atoms with Crippen LogP contribution in [0.1, 0.15) is 20.7 Å². The third kappa shape index (κ3) is 4.28. The van der Waals surface area contributed by atoms with Gasteiger partial charge in [-0.2, -0.15) is 0 Å². The highest BCUT2D eigenvalue weighted by atomic mass is 32.2. The van der Waals surface area contributed by atoms with E-state index in [4.69, 9.17) is 4.74 Å². The molecule has 0 aromatic heterocycles. The molecule has 2 aromatic rings. The highest BCUT2D eigenvalue weighted by molar-refractivity contribution is 7.89. The molecule has 0 atom stereocenters. The minimum Gasteiger partial charge on any atom is -0.454 e. The van der Waals surface area contributed by atoms with Crippen LogP contribution in [0.2, 0.25) is 0 Å². The van der Waals surface area contributed by atoms with Gasteiger partial charge in [-0.3, -0.25) is 4.79 Å². The molecule has 25 heavy (non-hydrogen) atoms. The number of carbonyl (C=O) groups excluding carboxylic acids is 2. The molecule has 6 nitrogen and oxygen atoms in total. The number of Topliss-reactive ketones (excluding diaryl/α,β-unsaturated/α-hetero) is 1. The normalized spacial score (nSPS) is 11.4. The van der Waals surface area contributed by atoms with Crippen molar-refractivity contribution in [1.82, 2.24) is 4.31 Å². The maximum absolute atomic E-state index is 13.5. The van der Waals surface area contributed by atoms with Gasteiger partial charge in [0, 0.05) is 14.1 Å². The summed E-state index contributed by atoms with van der Waals surface area (Å²) in [5.41, 5.74) is -0.0817. The van der Waals surface area contributed by atoms with Gasteiger partial charge in [0.15, 0.2) is 6.61 Å². The molecule has 8 heteroatoms. The number of nitrogens with zero attached hydrogens (tertiary/aromatic N) is 1. The smallest absolute Gasteiger partial charge is 0.338 e. The van der Waals surface area contributed by atoms with Gasteiger partial charge in [0.25, 0.3) is 0 Å². The van der Waals surface area contributed by atoms with E-state index < -0.39 is 34.2 Å². The van der Waals surface area contributed by atoms with Crippen molar-refractivity contribution < 1.29 is 27.1 Å². The first-order valence-electron chi connectivity index (χ1n) is 7.21. The number of halogens is 1. The summed E-state index contributed by atoms with van der Waals surface area (Å²) in [6.07, 6.45) is 0. The van der Waals surface area contributed by atoms with Crippen molar-refractivity contribution in [2.24, 2.45) is 0 Å². The number of ether oxygens (including phenoxy) is 1. The van der Waals surface area contributed by atoms with Crippen LogP contribution in [0, 0.1) is 5.82 Å². The van der Waals surface area contributed by atoms with Crippen LogP contribution in [0.4, 0.5) is 4.39 Å². The number of hydrogen-bond donors (Lipinski definition) is 0. The van der Waals surface area contributed by atoms with Crippen LogP contribution in [0.15, 0.2) is 53.4 Å². The maximum Gasteiger partial charge on any atom is 0.338 e. The molecule has 0 bridgehead atoms. The molecule has 0 aliphatic heterocycles. The molecule has 0 heterocycles. The molecular formula is C17H16FNO5S. The number of benzene rings is 2. The van der Waals surface area contributed by atoms with Gasteiger partial charge in [0.1, 0.15) is 5.82 Å². The van der Waals surface area contributed by atoms with Crippen molar-refractivity contribution in [3.8, 4) is 0 Å². The number of hydrogen-bond acceptors (Lipinski definition) is 5. The van der Waals surface area contributed by atoms with E-state index in [0.29, 0.717) is 0 Å². The Labute approximate surface area is 144 Å². The molecule has 0 amide bonds. The molecule has 132 valence electrons. The average molecular weight is 365 g/mol. The quantitative estimate of drug-likeness (QED) is 0.579. The maximum atomic E-state index is 13.5. The molecule has 0 unspecified atom stereocenters. The molecule has 2 aromatic carbocycles. The average Bonchev–Trinajstić information content (AvgIpc) is 2.59. The van der Waals surface area contributed by atoms with Crippen LogP contribution >= 0.6 is 0 Å². The van der Waals surface area contributed by atoms with E-state index in [1.165, 1.54) is 56.6 Å². The van der Waals surface area contributed by atoms with Crippen molar-refractivity contribution in [3.05, 3.63) is 65.5 Å². The molecule has 0 radical (unpaired) electrons. The molecule has 0 aliphatic carbocycles. The van der Waals surface area contributed by atoms with Gasteiger partial charge in [0.05, 0.1) is 16.0 Å². The summed E-state index contributed by atoms with van der Waals surface area (Å²) in [4.78, 5) is 23.8. The number of carbonyl (C=O) groups is 2. The Kier molecular flexibility index (Phi) is 5.66. The van der Waals surface area contributed by atoms with Gasteiger partial charge in [-0.05, 0) is 36.4 Å². The Morgan fingerprint density at radius 2 is 1.64 bits per heavy atom. The van der Waals surface area contributed by atoms with Gasteiger partial charge in [0.2, 0.25) is 15.8 Å². The number of esters is 1. The third-order valence-corrected chi connectivity index (χ3v) is 5.21. The molecule has 0 saturated heterocycles. The summed E-state index contributed by atoms with van der Waals surface area (Å²) in [6, 6.07) is 10.5. The number of sulfonamides is 1. The first-order chi connectivity index (χ1) is 11.7. The Hall–Kier alpha value is -2.58. The van der Waals surface area contributed by atoms with Gasteiger partial charge in [-0.25, -0.2) is 21.9 Å². The predicted octanol–water partition coefficient (Wildman–Crippen LogP) is 2.12. The van der Waals surface area contributed by atoms with E-state index >= 15 is 0 Å². The van der Waals surface area contributed by atoms with Gasteiger partial charge < -0.3 is 4.74 Å². The fraction of sp³-hybridized carbons (Fsp3) is 0.176. The van der Waals surface area contributed by atoms with Crippen molar-refractivity contribution in [1.29, 1.82) is 0 Å². The fourth-order valence-electron chi connectivity index (χ4n) is 1.95. The standard InChI is InChI=1S/C17H16FNO5S/c1-19(2)25(22,23)13-9-7-12(8-10-13)17(21)24-11-16(20)14-5-3-4-6-15(14)18/h3-10H,11H2,1-2H3. The zero-order valence-corrected chi connectivity index (χ0v) is 14.4. The lowest BCUT2D eigenvalue weighted by Gasteiger charge is -2.11. The molecule has 0 aliphatic rings. The van der Waals surface area contributed by atoms with Crippen LogP contribution in [-0.2, 0) is 14.8 Å². The van der Waals surface area contributed by atoms with Crippen LogP contribution in [0.5, 0.6) is 0 Å². The third-order valence-electron chi connectivity index (χ3n) is 3.38. The van der Waals surface area contributed by atoms with Gasteiger partial charge >= 0.3 is 5.97 Å². The summed E-state index contributed by atoms with van der Waals surface area (Å²) >= 11 is 0. The second-order valence-corrected chi connectivity index (χ2v) is 7.44. The summed E-state index contributed by atoms with van der Waals surface area (Å²) in [7, 11) is -0.811. The Morgan fingerprint density at radius 3 is 2.20 bits per heavy atom. The lowest BCUT2D eigenvalue weighted by atomic mass is 10.1. The summed E-state index contributed by atoms with van der Waals surface area (Å²) in [5.74, 6) is -2.17. The first kappa shape index (κ1) is 18.8. The van der Waals surface area contributed by atoms with Crippen LogP contribution in [0.3, 0.4) is 0 Å². The monoisotopic (exact) mass is 365 g/mol. The van der Waals surface area contributed by atoms with Crippen molar-refractivity contribution in [3.63, 3.8) is 0 Å². The predicted molar refractivity (Wildman–Crippen MR) is 88.3 cm³/mol. The molecular weight excluding hydrogens is 349 g/mol. The minimum absolute atomic E-state index is 0.0245. The van der Waals surface area contributed by atoms with E-state index in [0.717, 1.165) is 10.4 Å². The van der Waals surface area contributed by atoms with E-state index in [1.54, 1.807) is 0 Å². The Morgan fingerprint density at radius 1 is 1.04 bits per heavy atom. The van der Waals surface area contributed by atoms with Crippen molar-refractivity contribution in [2.75, 3.05) is 20.7 Å². The van der Waals surface area contributed by atoms with E-state index in [2.05, 4.69) is 0 Å².